The van der Waals surface area contributed by atoms with Crippen LogP contribution in [0.4, 0.5) is 0 Å². The number of benzene rings is 2. The molecule has 0 bridgehead atoms. The topological polar surface area (TPSA) is 76.1 Å². The number of aliphatic carboxylic acids is 1. The Hall–Kier alpha value is -3.02. The molecule has 0 aliphatic heterocycles. The van der Waals surface area contributed by atoms with Crippen molar-refractivity contribution in [2.45, 2.75) is 32.2 Å². The minimum atomic E-state index is -1.04. The highest BCUT2D eigenvalue weighted by Crippen LogP contribution is 2.25. The lowest BCUT2D eigenvalue weighted by Gasteiger charge is -2.22. The molecule has 2 aromatic carbocycles. The van der Waals surface area contributed by atoms with Crippen LogP contribution in [0.3, 0.4) is 0 Å². The second-order valence-corrected chi connectivity index (χ2v) is 7.00. The van der Waals surface area contributed by atoms with E-state index in [1.165, 1.54) is 16.0 Å². The van der Waals surface area contributed by atoms with E-state index >= 15 is 0 Å². The van der Waals surface area contributed by atoms with Gasteiger partial charge in [0.2, 0.25) is 5.91 Å². The molecular formula is C22H25NO5. The van der Waals surface area contributed by atoms with Gasteiger partial charge < -0.3 is 19.5 Å². The minimum Gasteiger partial charge on any atom is -0.497 e. The maximum absolute atomic E-state index is 12.9. The van der Waals surface area contributed by atoms with E-state index in [1.54, 1.807) is 32.4 Å². The Labute approximate surface area is 164 Å². The van der Waals surface area contributed by atoms with Gasteiger partial charge in [-0.15, -0.1) is 0 Å². The molecule has 148 valence electrons. The molecule has 1 aliphatic rings. The SMILES string of the molecule is COc1cc(CN(CC(=O)O)C(=O)Cc2ccc3c(c2)CCC3)cc(OC)c1. The molecule has 0 spiro atoms. The molecule has 2 aromatic rings. The predicted octanol–water partition coefficient (Wildman–Crippen LogP) is 2.85. The van der Waals surface area contributed by atoms with Crippen molar-refractivity contribution in [3.05, 3.63) is 58.7 Å². The molecule has 1 N–H and O–H groups in total. The van der Waals surface area contributed by atoms with Gasteiger partial charge in [-0.05, 0) is 53.6 Å². The first-order valence-electron chi connectivity index (χ1n) is 9.30. The van der Waals surface area contributed by atoms with Gasteiger partial charge in [0.1, 0.15) is 18.0 Å². The van der Waals surface area contributed by atoms with E-state index in [4.69, 9.17) is 9.47 Å². The summed E-state index contributed by atoms with van der Waals surface area (Å²) in [6.07, 6.45) is 3.46. The average Bonchev–Trinajstić information content (AvgIpc) is 3.14. The van der Waals surface area contributed by atoms with Crippen LogP contribution in [0.5, 0.6) is 11.5 Å². The largest absolute Gasteiger partial charge is 0.497 e. The van der Waals surface area contributed by atoms with Gasteiger partial charge in [-0.3, -0.25) is 9.59 Å². The Bertz CT molecular complexity index is 855. The van der Waals surface area contributed by atoms with Crippen molar-refractivity contribution >= 4 is 11.9 Å². The van der Waals surface area contributed by atoms with Gasteiger partial charge in [0.05, 0.1) is 20.6 Å². The van der Waals surface area contributed by atoms with Gasteiger partial charge in [0.15, 0.2) is 0 Å². The molecule has 0 fully saturated rings. The fourth-order valence-corrected chi connectivity index (χ4v) is 3.60. The van der Waals surface area contributed by atoms with Crippen LogP contribution in [0.15, 0.2) is 36.4 Å². The summed E-state index contributed by atoms with van der Waals surface area (Å²) < 4.78 is 10.5. The minimum absolute atomic E-state index is 0.170. The van der Waals surface area contributed by atoms with Crippen molar-refractivity contribution in [3.8, 4) is 11.5 Å². The molecule has 6 heteroatoms. The van der Waals surface area contributed by atoms with Gasteiger partial charge in [-0.2, -0.15) is 0 Å². The number of carboxylic acids is 1. The number of aryl methyl sites for hydroxylation is 2. The van der Waals surface area contributed by atoms with Crippen LogP contribution in [0.25, 0.3) is 0 Å². The van der Waals surface area contributed by atoms with Crippen LogP contribution in [-0.4, -0.2) is 42.6 Å². The zero-order valence-electron chi connectivity index (χ0n) is 16.2. The monoisotopic (exact) mass is 383 g/mol. The predicted molar refractivity (Wildman–Crippen MR) is 105 cm³/mol. The number of carbonyl (C=O) groups is 2. The van der Waals surface area contributed by atoms with Gasteiger partial charge in [0, 0.05) is 12.6 Å². The molecule has 0 saturated heterocycles. The Kier molecular flexibility index (Phi) is 6.19. The summed E-state index contributed by atoms with van der Waals surface area (Å²) in [6.45, 7) is -0.188. The van der Waals surface area contributed by atoms with Crippen molar-refractivity contribution in [1.82, 2.24) is 4.90 Å². The fourth-order valence-electron chi connectivity index (χ4n) is 3.60. The Balaban J connectivity index is 1.77. The molecule has 0 heterocycles. The third-order valence-electron chi connectivity index (χ3n) is 4.98. The van der Waals surface area contributed by atoms with Crippen LogP contribution in [0, 0.1) is 0 Å². The normalized spacial score (nSPS) is 12.4. The van der Waals surface area contributed by atoms with E-state index in [0.717, 1.165) is 30.4 Å². The van der Waals surface area contributed by atoms with Crippen molar-refractivity contribution in [3.63, 3.8) is 0 Å². The third kappa shape index (κ3) is 4.82. The first-order chi connectivity index (χ1) is 13.5. The van der Waals surface area contributed by atoms with Gasteiger partial charge in [-0.25, -0.2) is 0 Å². The summed E-state index contributed by atoms with van der Waals surface area (Å²) in [7, 11) is 3.10. The number of amides is 1. The van der Waals surface area contributed by atoms with Crippen molar-refractivity contribution in [1.29, 1.82) is 0 Å². The highest BCUT2D eigenvalue weighted by Gasteiger charge is 2.19. The molecule has 0 radical (unpaired) electrons. The molecule has 0 unspecified atom stereocenters. The molecule has 0 atom stereocenters. The average molecular weight is 383 g/mol. The van der Waals surface area contributed by atoms with E-state index in [1.807, 2.05) is 6.07 Å². The molecule has 0 aromatic heterocycles. The molecule has 3 rings (SSSR count). The molecular weight excluding hydrogens is 358 g/mol. The van der Waals surface area contributed by atoms with Crippen LogP contribution >= 0.6 is 0 Å². The second-order valence-electron chi connectivity index (χ2n) is 7.00. The first-order valence-corrected chi connectivity index (χ1v) is 9.30. The quantitative estimate of drug-likeness (QED) is 0.759. The highest BCUT2D eigenvalue weighted by atomic mass is 16.5. The molecule has 0 saturated carbocycles. The zero-order valence-corrected chi connectivity index (χ0v) is 16.2. The van der Waals surface area contributed by atoms with Crippen LogP contribution in [0.1, 0.15) is 28.7 Å². The van der Waals surface area contributed by atoms with Gasteiger partial charge >= 0.3 is 5.97 Å². The maximum Gasteiger partial charge on any atom is 0.323 e. The summed E-state index contributed by atoms with van der Waals surface area (Å²) in [5, 5.41) is 9.26. The number of carbonyl (C=O) groups excluding carboxylic acids is 1. The first kappa shape index (κ1) is 19.7. The number of methoxy groups -OCH3 is 2. The number of hydrogen-bond acceptors (Lipinski definition) is 4. The lowest BCUT2D eigenvalue weighted by Crippen LogP contribution is -2.36. The van der Waals surface area contributed by atoms with E-state index in [-0.39, 0.29) is 25.4 Å². The van der Waals surface area contributed by atoms with E-state index in [0.29, 0.717) is 11.5 Å². The number of carboxylic acid groups (broad SMARTS) is 1. The lowest BCUT2D eigenvalue weighted by atomic mass is 10.0. The Morgan fingerprint density at radius 2 is 1.64 bits per heavy atom. The highest BCUT2D eigenvalue weighted by molar-refractivity contribution is 5.83. The molecule has 28 heavy (non-hydrogen) atoms. The number of hydrogen-bond donors (Lipinski definition) is 1. The summed E-state index contributed by atoms with van der Waals surface area (Å²) in [6, 6.07) is 11.4. The molecule has 6 nitrogen and oxygen atoms in total. The standard InChI is InChI=1S/C22H25NO5/c1-27-19-9-16(10-20(12-19)28-2)13-23(14-22(25)26)21(24)11-15-6-7-17-4-3-5-18(17)8-15/h6-10,12H,3-5,11,13-14H2,1-2H3,(H,25,26). The molecule has 1 amide bonds. The van der Waals surface area contributed by atoms with Crippen molar-refractivity contribution < 1.29 is 24.2 Å². The van der Waals surface area contributed by atoms with E-state index < -0.39 is 5.97 Å². The summed E-state index contributed by atoms with van der Waals surface area (Å²) >= 11 is 0. The summed E-state index contributed by atoms with van der Waals surface area (Å²) in [5.41, 5.74) is 4.32. The summed E-state index contributed by atoms with van der Waals surface area (Å²) in [4.78, 5) is 25.5. The van der Waals surface area contributed by atoms with Gasteiger partial charge in [-0.1, -0.05) is 18.2 Å². The number of nitrogens with zero attached hydrogens (tertiary/aromatic N) is 1. The summed E-state index contributed by atoms with van der Waals surface area (Å²) in [5.74, 6) is -0.0781. The lowest BCUT2D eigenvalue weighted by molar-refractivity contribution is -0.144. The van der Waals surface area contributed by atoms with E-state index in [2.05, 4.69) is 12.1 Å². The Morgan fingerprint density at radius 1 is 0.964 bits per heavy atom. The molecule has 1 aliphatic carbocycles. The fraction of sp³-hybridized carbons (Fsp3) is 0.364. The van der Waals surface area contributed by atoms with E-state index in [9.17, 15) is 14.7 Å². The Morgan fingerprint density at radius 3 is 2.29 bits per heavy atom. The van der Waals surface area contributed by atoms with Gasteiger partial charge in [0.25, 0.3) is 0 Å². The number of ether oxygens (including phenoxy) is 2. The van der Waals surface area contributed by atoms with Crippen molar-refractivity contribution in [2.24, 2.45) is 0 Å². The van der Waals surface area contributed by atoms with Crippen LogP contribution in [-0.2, 0) is 35.4 Å². The maximum atomic E-state index is 12.9. The second kappa shape index (κ2) is 8.78. The van der Waals surface area contributed by atoms with Crippen LogP contribution < -0.4 is 9.47 Å². The number of fused-ring (bicyclic) bond motifs is 1. The zero-order chi connectivity index (χ0) is 20.1. The van der Waals surface area contributed by atoms with Crippen molar-refractivity contribution in [2.75, 3.05) is 20.8 Å². The third-order valence-corrected chi connectivity index (χ3v) is 4.98. The van der Waals surface area contributed by atoms with Crippen LogP contribution in [0.2, 0.25) is 0 Å². The smallest absolute Gasteiger partial charge is 0.323 e. The number of rotatable bonds is 8.